The predicted octanol–water partition coefficient (Wildman–Crippen LogP) is 3.16. The number of benzene rings is 1. The zero-order valence-electron chi connectivity index (χ0n) is 12.5. The number of urea groups is 1. The zero-order chi connectivity index (χ0) is 15.8. The van der Waals surface area contributed by atoms with Gasteiger partial charge in [0.15, 0.2) is 4.34 Å². The van der Waals surface area contributed by atoms with Crippen LogP contribution in [0.5, 0.6) is 5.75 Å². The summed E-state index contributed by atoms with van der Waals surface area (Å²) in [4.78, 5) is 11.9. The average molecular weight is 338 g/mol. The molecule has 0 spiro atoms. The van der Waals surface area contributed by atoms with E-state index in [0.717, 1.165) is 15.1 Å². The van der Waals surface area contributed by atoms with E-state index in [1.165, 1.54) is 0 Å². The van der Waals surface area contributed by atoms with Crippen LogP contribution in [0.1, 0.15) is 11.9 Å². The molecule has 0 atom stereocenters. The molecular weight excluding hydrogens is 320 g/mol. The molecule has 8 heteroatoms. The van der Waals surface area contributed by atoms with Crippen molar-refractivity contribution in [3.05, 3.63) is 29.3 Å². The van der Waals surface area contributed by atoms with Gasteiger partial charge in [0.1, 0.15) is 10.8 Å². The molecule has 0 bridgehead atoms. The van der Waals surface area contributed by atoms with Crippen LogP contribution in [-0.2, 0) is 0 Å². The van der Waals surface area contributed by atoms with Crippen LogP contribution in [0.4, 0.5) is 10.5 Å². The SMILES string of the molecule is CCOc1ccccc1NC(=O)NCCSc1nnc(C)s1. The summed E-state index contributed by atoms with van der Waals surface area (Å²) in [6, 6.07) is 7.11. The molecule has 22 heavy (non-hydrogen) atoms. The molecule has 0 aliphatic carbocycles. The average Bonchev–Trinajstić information content (AvgIpc) is 2.92. The number of aromatic nitrogens is 2. The molecule has 0 saturated heterocycles. The van der Waals surface area contributed by atoms with E-state index in [-0.39, 0.29) is 6.03 Å². The van der Waals surface area contributed by atoms with E-state index < -0.39 is 0 Å². The lowest BCUT2D eigenvalue weighted by atomic mass is 10.3. The second-order valence-electron chi connectivity index (χ2n) is 4.25. The van der Waals surface area contributed by atoms with E-state index in [1.807, 2.05) is 38.1 Å². The highest BCUT2D eigenvalue weighted by molar-refractivity contribution is 8.01. The van der Waals surface area contributed by atoms with Gasteiger partial charge in [-0.05, 0) is 26.0 Å². The highest BCUT2D eigenvalue weighted by atomic mass is 32.2. The molecule has 0 unspecified atom stereocenters. The van der Waals surface area contributed by atoms with Crippen LogP contribution >= 0.6 is 23.1 Å². The van der Waals surface area contributed by atoms with Crippen LogP contribution in [0.3, 0.4) is 0 Å². The first-order valence-electron chi connectivity index (χ1n) is 6.88. The molecule has 1 heterocycles. The van der Waals surface area contributed by atoms with Gasteiger partial charge < -0.3 is 15.4 Å². The van der Waals surface area contributed by atoms with Crippen LogP contribution in [-0.4, -0.2) is 35.1 Å². The zero-order valence-corrected chi connectivity index (χ0v) is 14.1. The number of nitrogens with one attached hydrogen (secondary N) is 2. The Balaban J connectivity index is 1.74. The Kier molecular flexibility index (Phi) is 6.47. The van der Waals surface area contributed by atoms with Gasteiger partial charge in [-0.1, -0.05) is 35.2 Å². The van der Waals surface area contributed by atoms with E-state index in [0.29, 0.717) is 24.6 Å². The number of rotatable bonds is 7. The summed E-state index contributed by atoms with van der Waals surface area (Å²) in [6.07, 6.45) is 0. The maximum absolute atomic E-state index is 11.9. The number of carbonyl (C=O) groups excluding carboxylic acids is 1. The Labute approximate surface area is 137 Å². The fraction of sp³-hybridized carbons (Fsp3) is 0.357. The lowest BCUT2D eigenvalue weighted by Gasteiger charge is -2.11. The van der Waals surface area contributed by atoms with E-state index in [4.69, 9.17) is 4.74 Å². The fourth-order valence-electron chi connectivity index (χ4n) is 1.66. The number of anilines is 1. The van der Waals surface area contributed by atoms with Gasteiger partial charge in [0.25, 0.3) is 0 Å². The van der Waals surface area contributed by atoms with Gasteiger partial charge in [-0.3, -0.25) is 0 Å². The fourth-order valence-corrected chi connectivity index (χ4v) is 3.40. The standard InChI is InChI=1S/C14H18N4O2S2/c1-3-20-12-7-5-4-6-11(12)16-13(19)15-8-9-21-14-18-17-10(2)22-14/h4-7H,3,8-9H2,1-2H3,(H2,15,16,19). The van der Waals surface area contributed by atoms with Crippen molar-refractivity contribution in [1.29, 1.82) is 0 Å². The van der Waals surface area contributed by atoms with Crippen molar-refractivity contribution >= 4 is 34.8 Å². The molecular formula is C14H18N4O2S2. The van der Waals surface area contributed by atoms with Crippen molar-refractivity contribution in [2.24, 2.45) is 0 Å². The van der Waals surface area contributed by atoms with Crippen LogP contribution < -0.4 is 15.4 Å². The molecule has 1 aromatic heterocycles. The minimum absolute atomic E-state index is 0.249. The third-order valence-corrected chi connectivity index (χ3v) is 4.53. The van der Waals surface area contributed by atoms with E-state index in [2.05, 4.69) is 20.8 Å². The number of para-hydroxylation sites is 2. The van der Waals surface area contributed by atoms with Crippen molar-refractivity contribution in [1.82, 2.24) is 15.5 Å². The molecule has 2 aromatic rings. The quantitative estimate of drug-likeness (QED) is 0.599. The van der Waals surface area contributed by atoms with Crippen molar-refractivity contribution in [2.75, 3.05) is 24.2 Å². The molecule has 0 aliphatic rings. The monoisotopic (exact) mass is 338 g/mol. The summed E-state index contributed by atoms with van der Waals surface area (Å²) in [7, 11) is 0. The van der Waals surface area contributed by atoms with Crippen LogP contribution in [0.25, 0.3) is 0 Å². The Bertz CT molecular complexity index is 618. The number of hydrogen-bond acceptors (Lipinski definition) is 6. The number of carbonyl (C=O) groups is 1. The normalized spacial score (nSPS) is 10.3. The van der Waals surface area contributed by atoms with Gasteiger partial charge in [0.05, 0.1) is 12.3 Å². The van der Waals surface area contributed by atoms with Crippen molar-refractivity contribution < 1.29 is 9.53 Å². The minimum Gasteiger partial charge on any atom is -0.492 e. The van der Waals surface area contributed by atoms with E-state index in [9.17, 15) is 4.79 Å². The first kappa shape index (κ1) is 16.6. The first-order chi connectivity index (χ1) is 10.7. The molecule has 2 rings (SSSR count). The van der Waals surface area contributed by atoms with Gasteiger partial charge in [-0.15, -0.1) is 10.2 Å². The van der Waals surface area contributed by atoms with Gasteiger partial charge in [-0.2, -0.15) is 0 Å². The number of aryl methyl sites for hydroxylation is 1. The Morgan fingerprint density at radius 1 is 1.36 bits per heavy atom. The predicted molar refractivity (Wildman–Crippen MR) is 90.0 cm³/mol. The van der Waals surface area contributed by atoms with Crippen LogP contribution in [0, 0.1) is 6.92 Å². The maximum atomic E-state index is 11.9. The van der Waals surface area contributed by atoms with Crippen molar-refractivity contribution in [2.45, 2.75) is 18.2 Å². The minimum atomic E-state index is -0.249. The summed E-state index contributed by atoms with van der Waals surface area (Å²) in [6.45, 7) is 4.93. The molecule has 118 valence electrons. The summed E-state index contributed by atoms with van der Waals surface area (Å²) in [5.41, 5.74) is 0.661. The van der Waals surface area contributed by atoms with Crippen molar-refractivity contribution in [3.63, 3.8) is 0 Å². The highest BCUT2D eigenvalue weighted by Gasteiger charge is 2.07. The van der Waals surface area contributed by atoms with Crippen LogP contribution in [0.15, 0.2) is 28.6 Å². The topological polar surface area (TPSA) is 76.1 Å². The second kappa shape index (κ2) is 8.60. The Morgan fingerprint density at radius 2 is 2.18 bits per heavy atom. The second-order valence-corrected chi connectivity index (χ2v) is 6.77. The number of thioether (sulfide) groups is 1. The number of ether oxygens (including phenoxy) is 1. The number of hydrogen-bond donors (Lipinski definition) is 2. The molecule has 2 N–H and O–H groups in total. The Morgan fingerprint density at radius 3 is 2.91 bits per heavy atom. The first-order valence-corrected chi connectivity index (χ1v) is 8.69. The third-order valence-electron chi connectivity index (χ3n) is 2.56. The van der Waals surface area contributed by atoms with E-state index >= 15 is 0 Å². The smallest absolute Gasteiger partial charge is 0.319 e. The van der Waals surface area contributed by atoms with Crippen molar-refractivity contribution in [3.8, 4) is 5.75 Å². The van der Waals surface area contributed by atoms with E-state index in [1.54, 1.807) is 23.1 Å². The molecule has 6 nitrogen and oxygen atoms in total. The summed E-state index contributed by atoms with van der Waals surface area (Å²) < 4.78 is 6.38. The number of nitrogens with zero attached hydrogens (tertiary/aromatic N) is 2. The van der Waals surface area contributed by atoms with Crippen LogP contribution in [0.2, 0.25) is 0 Å². The van der Waals surface area contributed by atoms with Gasteiger partial charge in [0.2, 0.25) is 0 Å². The molecule has 2 amide bonds. The molecule has 0 saturated carbocycles. The summed E-state index contributed by atoms with van der Waals surface area (Å²) in [5, 5.41) is 14.5. The summed E-state index contributed by atoms with van der Waals surface area (Å²) >= 11 is 3.13. The van der Waals surface area contributed by atoms with Gasteiger partial charge in [0, 0.05) is 12.3 Å². The summed E-state index contributed by atoms with van der Waals surface area (Å²) in [5.74, 6) is 1.41. The molecule has 0 radical (unpaired) electrons. The lowest BCUT2D eigenvalue weighted by Crippen LogP contribution is -2.30. The Hall–Kier alpha value is -1.80. The molecule has 0 aliphatic heterocycles. The maximum Gasteiger partial charge on any atom is 0.319 e. The highest BCUT2D eigenvalue weighted by Crippen LogP contribution is 2.23. The molecule has 1 aromatic carbocycles. The third kappa shape index (κ3) is 5.19. The molecule has 0 fully saturated rings. The number of amides is 2. The van der Waals surface area contributed by atoms with Gasteiger partial charge >= 0.3 is 6.03 Å². The van der Waals surface area contributed by atoms with Gasteiger partial charge in [-0.25, -0.2) is 4.79 Å². The lowest BCUT2D eigenvalue weighted by molar-refractivity contribution is 0.252. The largest absolute Gasteiger partial charge is 0.492 e.